The SMILES string of the molecule is COCCNc1cc(NCCC(C)C)ncn1. The topological polar surface area (TPSA) is 59.1 Å². The molecule has 0 spiro atoms. The Labute approximate surface area is 103 Å². The first-order chi connectivity index (χ1) is 8.22. The minimum atomic E-state index is 0.667. The summed E-state index contributed by atoms with van der Waals surface area (Å²) in [5, 5.41) is 6.45. The molecule has 5 nitrogen and oxygen atoms in total. The molecule has 1 aromatic rings. The van der Waals surface area contributed by atoms with Crippen molar-refractivity contribution in [3.05, 3.63) is 12.4 Å². The maximum absolute atomic E-state index is 4.96. The summed E-state index contributed by atoms with van der Waals surface area (Å²) in [4.78, 5) is 8.31. The molecule has 0 saturated carbocycles. The van der Waals surface area contributed by atoms with Crippen LogP contribution in [0.25, 0.3) is 0 Å². The first-order valence-corrected chi connectivity index (χ1v) is 6.01. The van der Waals surface area contributed by atoms with Crippen LogP contribution in [0.2, 0.25) is 0 Å². The van der Waals surface area contributed by atoms with Crippen molar-refractivity contribution in [3.8, 4) is 0 Å². The van der Waals surface area contributed by atoms with Gasteiger partial charge in [0.2, 0.25) is 0 Å². The fraction of sp³-hybridized carbons (Fsp3) is 0.667. The first-order valence-electron chi connectivity index (χ1n) is 6.01. The molecule has 0 unspecified atom stereocenters. The predicted octanol–water partition coefficient (Wildman–Crippen LogP) is 1.99. The van der Waals surface area contributed by atoms with Crippen LogP contribution in [0.3, 0.4) is 0 Å². The van der Waals surface area contributed by atoms with Gasteiger partial charge in [0.1, 0.15) is 18.0 Å². The fourth-order valence-corrected chi connectivity index (χ4v) is 1.32. The predicted molar refractivity (Wildman–Crippen MR) is 70.3 cm³/mol. The summed E-state index contributed by atoms with van der Waals surface area (Å²) < 4.78 is 4.96. The molecule has 0 amide bonds. The molecule has 2 N–H and O–H groups in total. The summed E-state index contributed by atoms with van der Waals surface area (Å²) in [5.41, 5.74) is 0. The van der Waals surface area contributed by atoms with Crippen LogP contribution in [0, 0.1) is 5.92 Å². The molecule has 0 aliphatic carbocycles. The van der Waals surface area contributed by atoms with Crippen LogP contribution in [0.5, 0.6) is 0 Å². The van der Waals surface area contributed by atoms with Gasteiger partial charge in [0, 0.05) is 26.3 Å². The molecule has 96 valence electrons. The molecule has 1 heterocycles. The summed E-state index contributed by atoms with van der Waals surface area (Å²) in [5.74, 6) is 2.38. The van der Waals surface area contributed by atoms with Gasteiger partial charge in [-0.3, -0.25) is 0 Å². The highest BCUT2D eigenvalue weighted by molar-refractivity contribution is 5.46. The zero-order valence-electron chi connectivity index (χ0n) is 10.9. The third kappa shape index (κ3) is 6.06. The molecule has 0 aromatic carbocycles. The molecule has 0 saturated heterocycles. The molecule has 0 aliphatic heterocycles. The van der Waals surface area contributed by atoms with Gasteiger partial charge in [-0.25, -0.2) is 9.97 Å². The number of anilines is 2. The van der Waals surface area contributed by atoms with Crippen molar-refractivity contribution in [2.24, 2.45) is 5.92 Å². The highest BCUT2D eigenvalue weighted by Gasteiger charge is 1.98. The highest BCUT2D eigenvalue weighted by Crippen LogP contribution is 2.09. The third-order valence-corrected chi connectivity index (χ3v) is 2.31. The van der Waals surface area contributed by atoms with E-state index >= 15 is 0 Å². The number of hydrogen-bond acceptors (Lipinski definition) is 5. The lowest BCUT2D eigenvalue weighted by Crippen LogP contribution is -2.10. The Kier molecular flexibility index (Phi) is 6.32. The van der Waals surface area contributed by atoms with Crippen LogP contribution in [0.1, 0.15) is 20.3 Å². The third-order valence-electron chi connectivity index (χ3n) is 2.31. The maximum atomic E-state index is 4.96. The quantitative estimate of drug-likeness (QED) is 0.678. The maximum Gasteiger partial charge on any atom is 0.131 e. The molecule has 0 aliphatic rings. The van der Waals surface area contributed by atoms with Gasteiger partial charge < -0.3 is 15.4 Å². The number of nitrogens with zero attached hydrogens (tertiary/aromatic N) is 2. The molecule has 17 heavy (non-hydrogen) atoms. The summed E-state index contributed by atoms with van der Waals surface area (Å²) in [6.07, 6.45) is 2.70. The number of rotatable bonds is 8. The molecular formula is C12H22N4O. The fourth-order valence-electron chi connectivity index (χ4n) is 1.32. The Hall–Kier alpha value is -1.36. The van der Waals surface area contributed by atoms with Crippen LogP contribution in [-0.2, 0) is 4.74 Å². The molecule has 1 aromatic heterocycles. The highest BCUT2D eigenvalue weighted by atomic mass is 16.5. The molecule has 0 atom stereocenters. The van der Waals surface area contributed by atoms with Crippen LogP contribution < -0.4 is 10.6 Å². The van der Waals surface area contributed by atoms with Gasteiger partial charge in [-0.05, 0) is 12.3 Å². The van der Waals surface area contributed by atoms with E-state index in [-0.39, 0.29) is 0 Å². The Morgan fingerprint density at radius 3 is 2.41 bits per heavy atom. The lowest BCUT2D eigenvalue weighted by atomic mass is 10.1. The van der Waals surface area contributed by atoms with E-state index in [9.17, 15) is 0 Å². The van der Waals surface area contributed by atoms with Crippen LogP contribution in [0.4, 0.5) is 11.6 Å². The minimum absolute atomic E-state index is 0.667. The second-order valence-corrected chi connectivity index (χ2v) is 4.32. The largest absolute Gasteiger partial charge is 0.383 e. The Morgan fingerprint density at radius 1 is 1.18 bits per heavy atom. The number of hydrogen-bond donors (Lipinski definition) is 2. The zero-order chi connectivity index (χ0) is 12.5. The van der Waals surface area contributed by atoms with Crippen molar-refractivity contribution in [1.82, 2.24) is 9.97 Å². The smallest absolute Gasteiger partial charge is 0.131 e. The number of ether oxygens (including phenoxy) is 1. The summed E-state index contributed by atoms with van der Waals surface area (Å²) in [6, 6.07) is 1.91. The van der Waals surface area contributed by atoms with Crippen LogP contribution >= 0.6 is 0 Å². The molecule has 0 bridgehead atoms. The lowest BCUT2D eigenvalue weighted by Gasteiger charge is -2.09. The van der Waals surface area contributed by atoms with Crippen molar-refractivity contribution in [1.29, 1.82) is 0 Å². The van der Waals surface area contributed by atoms with Gasteiger partial charge in [0.05, 0.1) is 6.61 Å². The van der Waals surface area contributed by atoms with Crippen LogP contribution in [0.15, 0.2) is 12.4 Å². The zero-order valence-corrected chi connectivity index (χ0v) is 10.9. The number of aromatic nitrogens is 2. The molecule has 0 radical (unpaired) electrons. The van der Waals surface area contributed by atoms with Gasteiger partial charge >= 0.3 is 0 Å². The number of nitrogens with one attached hydrogen (secondary N) is 2. The van der Waals surface area contributed by atoms with Gasteiger partial charge in [-0.1, -0.05) is 13.8 Å². The lowest BCUT2D eigenvalue weighted by molar-refractivity contribution is 0.210. The number of methoxy groups -OCH3 is 1. The van der Waals surface area contributed by atoms with Gasteiger partial charge in [-0.2, -0.15) is 0 Å². The van der Waals surface area contributed by atoms with Crippen molar-refractivity contribution >= 4 is 11.6 Å². The second-order valence-electron chi connectivity index (χ2n) is 4.32. The van der Waals surface area contributed by atoms with E-state index in [0.717, 1.165) is 31.1 Å². The monoisotopic (exact) mass is 238 g/mol. The van der Waals surface area contributed by atoms with Gasteiger partial charge in [0.25, 0.3) is 0 Å². The average Bonchev–Trinajstić information content (AvgIpc) is 2.29. The standard InChI is InChI=1S/C12H22N4O/c1-10(2)4-5-13-11-8-12(16-9-15-11)14-6-7-17-3/h8-10H,4-7H2,1-3H3,(H2,13,14,15,16). The normalized spacial score (nSPS) is 10.6. The molecule has 0 fully saturated rings. The first kappa shape index (κ1) is 13.7. The van der Waals surface area contributed by atoms with Gasteiger partial charge in [-0.15, -0.1) is 0 Å². The summed E-state index contributed by atoms with van der Waals surface area (Å²) in [7, 11) is 1.68. The average molecular weight is 238 g/mol. The van der Waals surface area contributed by atoms with Crippen molar-refractivity contribution in [2.45, 2.75) is 20.3 Å². The van der Waals surface area contributed by atoms with Crippen molar-refractivity contribution in [2.75, 3.05) is 37.4 Å². The molecule has 5 heteroatoms. The van der Waals surface area contributed by atoms with E-state index in [1.165, 1.54) is 0 Å². The molecular weight excluding hydrogens is 216 g/mol. The summed E-state index contributed by atoms with van der Waals surface area (Å²) in [6.45, 7) is 6.77. The van der Waals surface area contributed by atoms with E-state index < -0.39 is 0 Å². The van der Waals surface area contributed by atoms with Crippen molar-refractivity contribution in [3.63, 3.8) is 0 Å². The van der Waals surface area contributed by atoms with Crippen molar-refractivity contribution < 1.29 is 4.74 Å². The van der Waals surface area contributed by atoms with E-state index in [4.69, 9.17) is 4.74 Å². The van der Waals surface area contributed by atoms with E-state index in [1.54, 1.807) is 13.4 Å². The van der Waals surface area contributed by atoms with Gasteiger partial charge in [0.15, 0.2) is 0 Å². The summed E-state index contributed by atoms with van der Waals surface area (Å²) >= 11 is 0. The Morgan fingerprint density at radius 2 is 1.82 bits per heavy atom. The molecule has 1 rings (SSSR count). The van der Waals surface area contributed by atoms with E-state index in [1.807, 2.05) is 6.07 Å². The Bertz CT molecular complexity index is 317. The Balaban J connectivity index is 2.37. The minimum Gasteiger partial charge on any atom is -0.383 e. The van der Waals surface area contributed by atoms with E-state index in [2.05, 4.69) is 34.4 Å². The van der Waals surface area contributed by atoms with E-state index in [0.29, 0.717) is 12.5 Å². The second kappa shape index (κ2) is 7.84. The van der Waals surface area contributed by atoms with Crippen LogP contribution in [-0.4, -0.2) is 36.8 Å².